The molecule has 12 heteroatoms. The summed E-state index contributed by atoms with van der Waals surface area (Å²) < 4.78 is 87.4. The second kappa shape index (κ2) is 8.43. The highest BCUT2D eigenvalue weighted by Crippen LogP contribution is 2.57. The number of nitrogens with zero attached hydrogens (tertiary/aromatic N) is 1. The van der Waals surface area contributed by atoms with Gasteiger partial charge >= 0.3 is 12.4 Å². The van der Waals surface area contributed by atoms with Crippen LogP contribution in [-0.2, 0) is 5.41 Å². The molecule has 2 aliphatic rings. The van der Waals surface area contributed by atoms with Gasteiger partial charge in [0, 0.05) is 5.70 Å². The summed E-state index contributed by atoms with van der Waals surface area (Å²) in [5.41, 5.74) is -9.37. The Kier molecular flexibility index (Phi) is 5.89. The standard InChI is InChI=1S/C25H16F6N2O4/c1-3-4-5-12(2)33-21(36)16-9-7-14(11-18(16)22(33)37)23(24(26,27)28,25(29,30)31)13-6-8-15-17(10-13)20(35)32-19(15)34/h3-11H,1-2H3,(H,32,34,35)/b4-3-,12-5+. The molecule has 2 heterocycles. The third-order valence-electron chi connectivity index (χ3n) is 6.22. The van der Waals surface area contributed by atoms with Crippen LogP contribution in [0.3, 0.4) is 0 Å². The lowest BCUT2D eigenvalue weighted by molar-refractivity contribution is -0.288. The molecule has 0 spiro atoms. The monoisotopic (exact) mass is 522 g/mol. The van der Waals surface area contributed by atoms with E-state index in [0.29, 0.717) is 35.2 Å². The van der Waals surface area contributed by atoms with Gasteiger partial charge in [0.05, 0.1) is 22.3 Å². The molecule has 2 aromatic rings. The quantitative estimate of drug-likeness (QED) is 0.346. The van der Waals surface area contributed by atoms with Crippen LogP contribution in [0.5, 0.6) is 0 Å². The summed E-state index contributed by atoms with van der Waals surface area (Å²) in [6.45, 7) is 3.04. The number of carbonyl (C=O) groups excluding carboxylic acids is 4. The molecule has 6 nitrogen and oxygen atoms in total. The van der Waals surface area contributed by atoms with Gasteiger partial charge in [0.1, 0.15) is 0 Å². The Morgan fingerprint density at radius 1 is 0.757 bits per heavy atom. The van der Waals surface area contributed by atoms with Crippen LogP contribution in [-0.4, -0.2) is 40.9 Å². The van der Waals surface area contributed by atoms with Crippen molar-refractivity contribution in [2.45, 2.75) is 31.6 Å². The highest BCUT2D eigenvalue weighted by molar-refractivity contribution is 6.23. The van der Waals surface area contributed by atoms with E-state index in [1.165, 1.54) is 19.1 Å². The number of hydrogen-bond acceptors (Lipinski definition) is 4. The molecular formula is C25H16F6N2O4. The minimum absolute atomic E-state index is 0.109. The SMILES string of the molecule is C/C=C\C=C(/C)N1C(=O)c2ccc(C(c3ccc4c(c3)C(=O)NC4=O)(C(F)(F)F)C(F)(F)F)cc2C1=O. The number of benzene rings is 2. The van der Waals surface area contributed by atoms with Crippen molar-refractivity contribution in [3.63, 3.8) is 0 Å². The van der Waals surface area contributed by atoms with Crippen LogP contribution >= 0.6 is 0 Å². The predicted molar refractivity (Wildman–Crippen MR) is 117 cm³/mol. The number of allylic oxidation sites excluding steroid dienone is 4. The minimum atomic E-state index is -6.01. The molecule has 0 aliphatic carbocycles. The molecule has 4 amide bonds. The fourth-order valence-corrected chi connectivity index (χ4v) is 4.49. The summed E-state index contributed by atoms with van der Waals surface area (Å²) in [6.07, 6.45) is -7.56. The average Bonchev–Trinajstić information content (AvgIpc) is 3.22. The number of rotatable bonds is 4. The molecule has 2 aromatic carbocycles. The number of halogens is 6. The normalized spacial score (nSPS) is 16.5. The average molecular weight is 522 g/mol. The Hall–Kier alpha value is -4.22. The zero-order chi connectivity index (χ0) is 27.5. The molecular weight excluding hydrogens is 506 g/mol. The number of fused-ring (bicyclic) bond motifs is 2. The van der Waals surface area contributed by atoms with E-state index < -0.39 is 63.7 Å². The van der Waals surface area contributed by atoms with Crippen LogP contribution in [0, 0.1) is 0 Å². The van der Waals surface area contributed by atoms with Gasteiger partial charge < -0.3 is 0 Å². The number of imide groups is 2. The second-order valence-electron chi connectivity index (χ2n) is 8.33. The summed E-state index contributed by atoms with van der Waals surface area (Å²) in [6, 6.07) is 3.16. The van der Waals surface area contributed by atoms with Crippen LogP contribution < -0.4 is 5.32 Å². The first-order valence-corrected chi connectivity index (χ1v) is 10.6. The van der Waals surface area contributed by atoms with Gasteiger partial charge in [-0.2, -0.15) is 26.3 Å². The van der Waals surface area contributed by atoms with Gasteiger partial charge in [0.15, 0.2) is 0 Å². The second-order valence-corrected chi connectivity index (χ2v) is 8.33. The number of amides is 4. The molecule has 0 saturated carbocycles. The van der Waals surface area contributed by atoms with E-state index in [4.69, 9.17) is 0 Å². The molecule has 0 fully saturated rings. The number of nitrogens with one attached hydrogen (secondary N) is 1. The number of hydrogen-bond donors (Lipinski definition) is 1. The Morgan fingerprint density at radius 3 is 1.78 bits per heavy atom. The van der Waals surface area contributed by atoms with Gasteiger partial charge in [-0.3, -0.25) is 24.5 Å². The van der Waals surface area contributed by atoms with E-state index in [-0.39, 0.29) is 16.8 Å². The van der Waals surface area contributed by atoms with Crippen molar-refractivity contribution in [1.29, 1.82) is 0 Å². The fourth-order valence-electron chi connectivity index (χ4n) is 4.49. The molecule has 0 bridgehead atoms. The highest BCUT2D eigenvalue weighted by Gasteiger charge is 2.73. The van der Waals surface area contributed by atoms with E-state index in [0.717, 1.165) is 6.07 Å². The largest absolute Gasteiger partial charge is 0.411 e. The first-order chi connectivity index (χ1) is 17.2. The molecule has 0 atom stereocenters. The first kappa shape index (κ1) is 25.9. The molecule has 0 radical (unpaired) electrons. The van der Waals surface area contributed by atoms with Gasteiger partial charge in [-0.15, -0.1) is 0 Å². The summed E-state index contributed by atoms with van der Waals surface area (Å²) >= 11 is 0. The van der Waals surface area contributed by atoms with Gasteiger partial charge in [-0.1, -0.05) is 24.3 Å². The molecule has 4 rings (SSSR count). The highest BCUT2D eigenvalue weighted by atomic mass is 19.4. The summed E-state index contributed by atoms with van der Waals surface area (Å²) in [7, 11) is 0. The molecule has 37 heavy (non-hydrogen) atoms. The lowest BCUT2D eigenvalue weighted by Crippen LogP contribution is -2.55. The van der Waals surface area contributed by atoms with Crippen LogP contribution in [0.2, 0.25) is 0 Å². The van der Waals surface area contributed by atoms with Gasteiger partial charge in [-0.05, 0) is 55.3 Å². The molecule has 0 unspecified atom stereocenters. The fraction of sp³-hybridized carbons (Fsp3) is 0.200. The van der Waals surface area contributed by atoms with Crippen molar-refractivity contribution in [3.8, 4) is 0 Å². The van der Waals surface area contributed by atoms with Crippen LogP contribution in [0.4, 0.5) is 26.3 Å². The smallest absolute Gasteiger partial charge is 0.288 e. The van der Waals surface area contributed by atoms with Crippen molar-refractivity contribution in [2.75, 3.05) is 0 Å². The van der Waals surface area contributed by atoms with E-state index in [2.05, 4.69) is 0 Å². The summed E-state index contributed by atoms with van der Waals surface area (Å²) in [5, 5.41) is 1.81. The van der Waals surface area contributed by atoms with Gasteiger partial charge in [0.25, 0.3) is 23.6 Å². The lowest BCUT2D eigenvalue weighted by Gasteiger charge is -2.38. The van der Waals surface area contributed by atoms with Gasteiger partial charge in [0.2, 0.25) is 5.41 Å². The van der Waals surface area contributed by atoms with Crippen molar-refractivity contribution in [3.05, 3.63) is 93.7 Å². The minimum Gasteiger partial charge on any atom is -0.288 e. The molecule has 1 N–H and O–H groups in total. The Balaban J connectivity index is 1.98. The molecule has 2 aliphatic heterocycles. The first-order valence-electron chi connectivity index (χ1n) is 10.6. The van der Waals surface area contributed by atoms with Crippen molar-refractivity contribution < 1.29 is 45.5 Å². The Morgan fingerprint density at radius 2 is 1.24 bits per heavy atom. The molecule has 0 aromatic heterocycles. The zero-order valence-corrected chi connectivity index (χ0v) is 19.0. The van der Waals surface area contributed by atoms with Crippen molar-refractivity contribution in [1.82, 2.24) is 10.2 Å². The Labute approximate surface area is 205 Å². The maximum absolute atomic E-state index is 14.6. The van der Waals surface area contributed by atoms with Crippen molar-refractivity contribution in [2.24, 2.45) is 0 Å². The summed E-state index contributed by atoms with van der Waals surface area (Å²) in [4.78, 5) is 50.1. The van der Waals surface area contributed by atoms with Crippen LogP contribution in [0.25, 0.3) is 0 Å². The third kappa shape index (κ3) is 3.66. The third-order valence-corrected chi connectivity index (χ3v) is 6.22. The van der Waals surface area contributed by atoms with E-state index >= 15 is 0 Å². The van der Waals surface area contributed by atoms with E-state index in [1.54, 1.807) is 13.0 Å². The number of alkyl halides is 6. The van der Waals surface area contributed by atoms with Gasteiger partial charge in [-0.25, -0.2) is 4.90 Å². The molecule has 192 valence electrons. The van der Waals surface area contributed by atoms with Crippen LogP contribution in [0.15, 0.2) is 60.3 Å². The maximum atomic E-state index is 14.6. The molecule has 0 saturated heterocycles. The predicted octanol–water partition coefficient (Wildman–Crippen LogP) is 5.06. The van der Waals surface area contributed by atoms with E-state index in [9.17, 15) is 45.5 Å². The number of carbonyl (C=O) groups is 4. The topological polar surface area (TPSA) is 83.6 Å². The Bertz CT molecular complexity index is 1420. The van der Waals surface area contributed by atoms with E-state index in [1.807, 2.05) is 5.32 Å². The van der Waals surface area contributed by atoms with Crippen molar-refractivity contribution >= 4 is 23.6 Å². The summed E-state index contributed by atoms with van der Waals surface area (Å²) in [5.74, 6) is -4.09. The lowest BCUT2D eigenvalue weighted by atomic mass is 9.71. The van der Waals surface area contributed by atoms with Crippen LogP contribution in [0.1, 0.15) is 66.4 Å². The maximum Gasteiger partial charge on any atom is 0.411 e. The zero-order valence-electron chi connectivity index (χ0n) is 19.0.